The van der Waals surface area contributed by atoms with Crippen LogP contribution in [-0.2, 0) is 9.53 Å². The van der Waals surface area contributed by atoms with Crippen molar-refractivity contribution in [1.82, 2.24) is 10.1 Å². The molecule has 0 saturated heterocycles. The molecule has 2 unspecified atom stereocenters. The number of benzene rings is 1. The molecule has 2 aromatic rings. The van der Waals surface area contributed by atoms with Gasteiger partial charge in [0.05, 0.1) is 11.6 Å². The highest BCUT2D eigenvalue weighted by Crippen LogP contribution is 2.46. The number of esters is 1. The number of carbonyl (C=O) groups is 2. The standard InChI is InChI=1S/C24H32F2N6O3S/c1-13-18(21(34)35-23(2,3)4)36-22(29-13)30-20(33)17(16-10-11-24(25,26)12-16)14-6-8-15(9-7-14)19(27)31-32(5)28/h6-9,16-17H,10-12,28H2,1-5H3,(H2,27,31)(H,29,30,33). The Bertz CT molecular complexity index is 1140. The number of carbonyl (C=O) groups excluding carboxylic acids is 2. The first kappa shape index (κ1) is 27.5. The number of amides is 1. The fourth-order valence-corrected chi connectivity index (χ4v) is 4.99. The van der Waals surface area contributed by atoms with Gasteiger partial charge in [0.25, 0.3) is 0 Å². The number of hydrazone groups is 1. The molecule has 1 saturated carbocycles. The maximum Gasteiger partial charge on any atom is 0.350 e. The van der Waals surface area contributed by atoms with Crippen molar-refractivity contribution in [3.05, 3.63) is 46.0 Å². The van der Waals surface area contributed by atoms with Gasteiger partial charge >= 0.3 is 5.97 Å². The van der Waals surface area contributed by atoms with Crippen molar-refractivity contribution in [3.63, 3.8) is 0 Å². The number of aromatic nitrogens is 1. The van der Waals surface area contributed by atoms with E-state index < -0.39 is 41.7 Å². The Morgan fingerprint density at radius 1 is 1.31 bits per heavy atom. The van der Waals surface area contributed by atoms with E-state index in [2.05, 4.69) is 15.4 Å². The highest BCUT2D eigenvalue weighted by Gasteiger charge is 2.45. The number of alkyl halides is 2. The summed E-state index contributed by atoms with van der Waals surface area (Å²) in [7, 11) is 1.52. The van der Waals surface area contributed by atoms with E-state index in [1.54, 1.807) is 52.0 Å². The predicted molar refractivity (Wildman–Crippen MR) is 135 cm³/mol. The second-order valence-corrected chi connectivity index (χ2v) is 10.9. The minimum atomic E-state index is -2.83. The van der Waals surface area contributed by atoms with Gasteiger partial charge in [0.2, 0.25) is 11.8 Å². The minimum Gasteiger partial charge on any atom is -0.456 e. The van der Waals surface area contributed by atoms with Gasteiger partial charge in [0.15, 0.2) is 11.0 Å². The number of anilines is 1. The molecule has 9 nitrogen and oxygen atoms in total. The molecule has 5 N–H and O–H groups in total. The summed E-state index contributed by atoms with van der Waals surface area (Å²) in [6.07, 6.45) is -0.468. The van der Waals surface area contributed by atoms with Crippen molar-refractivity contribution in [3.8, 4) is 0 Å². The van der Waals surface area contributed by atoms with Gasteiger partial charge in [-0.1, -0.05) is 35.6 Å². The van der Waals surface area contributed by atoms with Gasteiger partial charge in [-0.15, -0.1) is 5.10 Å². The number of aryl methyl sites for hydroxylation is 1. The third-order valence-electron chi connectivity index (χ3n) is 5.64. The molecule has 1 aliphatic carbocycles. The number of hydrazine groups is 1. The first-order valence-corrected chi connectivity index (χ1v) is 12.3. The summed E-state index contributed by atoms with van der Waals surface area (Å²) in [5.74, 6) is 0.413. The Kier molecular flexibility index (Phi) is 7.99. The molecule has 0 spiro atoms. The Morgan fingerprint density at radius 2 is 1.94 bits per heavy atom. The van der Waals surface area contributed by atoms with Gasteiger partial charge in [0.1, 0.15) is 10.5 Å². The maximum atomic E-state index is 14.1. The second kappa shape index (κ2) is 10.5. The van der Waals surface area contributed by atoms with Gasteiger partial charge in [-0.2, -0.15) is 0 Å². The molecule has 0 aliphatic heterocycles. The second-order valence-electron chi connectivity index (χ2n) is 9.94. The minimum absolute atomic E-state index is 0.174. The Hall–Kier alpha value is -3.12. The van der Waals surface area contributed by atoms with Gasteiger partial charge in [-0.3, -0.25) is 4.79 Å². The van der Waals surface area contributed by atoms with Crippen LogP contribution in [0.25, 0.3) is 0 Å². The zero-order valence-electron chi connectivity index (χ0n) is 21.0. The van der Waals surface area contributed by atoms with Crippen LogP contribution in [0.1, 0.15) is 72.4 Å². The fourth-order valence-electron chi connectivity index (χ4n) is 4.14. The molecule has 2 atom stereocenters. The largest absolute Gasteiger partial charge is 0.456 e. The normalized spacial score (nSPS) is 18.6. The number of thiazole rings is 1. The van der Waals surface area contributed by atoms with Gasteiger partial charge in [0, 0.05) is 25.5 Å². The predicted octanol–water partition coefficient (Wildman–Crippen LogP) is 3.99. The number of halogens is 2. The van der Waals surface area contributed by atoms with Crippen LogP contribution in [0, 0.1) is 12.8 Å². The lowest BCUT2D eigenvalue weighted by Gasteiger charge is -2.23. The molecule has 3 rings (SSSR count). The highest BCUT2D eigenvalue weighted by molar-refractivity contribution is 7.17. The molecule has 1 aromatic carbocycles. The van der Waals surface area contributed by atoms with Crippen LogP contribution in [0.2, 0.25) is 0 Å². The van der Waals surface area contributed by atoms with E-state index >= 15 is 0 Å². The monoisotopic (exact) mass is 522 g/mol. The van der Waals surface area contributed by atoms with E-state index in [-0.39, 0.29) is 28.7 Å². The van der Waals surface area contributed by atoms with Crippen molar-refractivity contribution in [2.75, 3.05) is 12.4 Å². The summed E-state index contributed by atoms with van der Waals surface area (Å²) in [4.78, 5) is 30.5. The molecular weight excluding hydrogens is 490 g/mol. The molecule has 0 radical (unpaired) electrons. The number of nitrogens with one attached hydrogen (secondary N) is 1. The van der Waals surface area contributed by atoms with Crippen LogP contribution < -0.4 is 16.9 Å². The lowest BCUT2D eigenvalue weighted by Crippen LogP contribution is -2.28. The van der Waals surface area contributed by atoms with Gasteiger partial charge < -0.3 is 15.8 Å². The Morgan fingerprint density at radius 3 is 2.47 bits per heavy atom. The molecular formula is C24H32F2N6O3S. The van der Waals surface area contributed by atoms with Crippen LogP contribution in [-0.4, -0.2) is 46.4 Å². The fraction of sp³-hybridized carbons (Fsp3) is 0.500. The number of rotatable bonds is 7. The first-order valence-electron chi connectivity index (χ1n) is 11.5. The van der Waals surface area contributed by atoms with E-state index in [0.29, 0.717) is 16.8 Å². The van der Waals surface area contributed by atoms with Crippen LogP contribution in [0.4, 0.5) is 13.9 Å². The van der Waals surface area contributed by atoms with Gasteiger partial charge in [-0.05, 0) is 45.6 Å². The SMILES string of the molecule is Cc1nc(NC(=O)C(c2ccc(/C(N)=N/N(C)N)cc2)C2CCC(F)(F)C2)sc1C(=O)OC(C)(C)C. The van der Waals surface area contributed by atoms with Crippen LogP contribution in [0.15, 0.2) is 29.4 Å². The smallest absolute Gasteiger partial charge is 0.350 e. The number of nitrogens with two attached hydrogens (primary N) is 2. The number of amidine groups is 1. The Balaban J connectivity index is 1.87. The third-order valence-corrected chi connectivity index (χ3v) is 6.69. The number of ether oxygens (including phenoxy) is 1. The van der Waals surface area contributed by atoms with Gasteiger partial charge in [-0.25, -0.2) is 29.5 Å². The number of hydrogen-bond donors (Lipinski definition) is 3. The first-order chi connectivity index (χ1) is 16.6. The molecule has 1 fully saturated rings. The highest BCUT2D eigenvalue weighted by atomic mass is 32.1. The number of hydrogen-bond acceptors (Lipinski definition) is 8. The molecule has 1 amide bonds. The van der Waals surface area contributed by atoms with E-state index in [1.807, 2.05) is 0 Å². The lowest BCUT2D eigenvalue weighted by atomic mass is 9.83. The molecule has 36 heavy (non-hydrogen) atoms. The van der Waals surface area contributed by atoms with Crippen LogP contribution in [0.5, 0.6) is 0 Å². The zero-order chi connectivity index (χ0) is 26.8. The van der Waals surface area contributed by atoms with E-state index in [9.17, 15) is 18.4 Å². The molecule has 1 heterocycles. The summed E-state index contributed by atoms with van der Waals surface area (Å²) < 4.78 is 33.6. The van der Waals surface area contributed by atoms with Crippen molar-refractivity contribution in [2.45, 2.75) is 64.4 Å². The average molecular weight is 523 g/mol. The summed E-state index contributed by atoms with van der Waals surface area (Å²) in [5, 5.41) is 7.94. The van der Waals surface area contributed by atoms with Crippen LogP contribution in [0.3, 0.4) is 0 Å². The topological polar surface area (TPSA) is 136 Å². The number of nitrogens with zero attached hydrogens (tertiary/aromatic N) is 3. The molecule has 0 bridgehead atoms. The summed E-state index contributed by atoms with van der Waals surface area (Å²) in [6.45, 7) is 6.91. The van der Waals surface area contributed by atoms with Crippen molar-refractivity contribution in [1.29, 1.82) is 0 Å². The Labute approximate surface area is 212 Å². The molecule has 196 valence electrons. The van der Waals surface area contributed by atoms with Crippen molar-refractivity contribution in [2.24, 2.45) is 22.6 Å². The van der Waals surface area contributed by atoms with E-state index in [4.69, 9.17) is 16.3 Å². The molecule has 1 aromatic heterocycles. The molecule has 12 heteroatoms. The maximum absolute atomic E-state index is 14.1. The lowest BCUT2D eigenvalue weighted by molar-refractivity contribution is -0.118. The summed E-state index contributed by atoms with van der Waals surface area (Å²) >= 11 is 0.989. The quantitative estimate of drug-likeness (QED) is 0.164. The van der Waals surface area contributed by atoms with Crippen LogP contribution >= 0.6 is 11.3 Å². The summed E-state index contributed by atoms with van der Waals surface area (Å²) in [5.41, 5.74) is 6.79. The zero-order valence-corrected chi connectivity index (χ0v) is 21.8. The van der Waals surface area contributed by atoms with Crippen molar-refractivity contribution < 1.29 is 23.1 Å². The third kappa shape index (κ3) is 6.97. The van der Waals surface area contributed by atoms with Crippen molar-refractivity contribution >= 4 is 34.2 Å². The summed E-state index contributed by atoms with van der Waals surface area (Å²) in [6, 6.07) is 6.68. The van der Waals surface area contributed by atoms with E-state index in [0.717, 1.165) is 16.5 Å². The van der Waals surface area contributed by atoms with E-state index in [1.165, 1.54) is 7.05 Å². The average Bonchev–Trinajstić information content (AvgIpc) is 3.28. The molecule has 1 aliphatic rings.